The third kappa shape index (κ3) is 4.26. The van der Waals surface area contributed by atoms with Crippen molar-refractivity contribution in [1.29, 1.82) is 0 Å². The van der Waals surface area contributed by atoms with Gasteiger partial charge in [0.05, 0.1) is 6.42 Å². The van der Waals surface area contributed by atoms with Crippen molar-refractivity contribution in [1.82, 2.24) is 0 Å². The number of hydrogen-bond donors (Lipinski definition) is 2. The van der Waals surface area contributed by atoms with Crippen molar-refractivity contribution in [3.05, 3.63) is 33.8 Å². The van der Waals surface area contributed by atoms with Crippen LogP contribution in [0, 0.1) is 0 Å². The van der Waals surface area contributed by atoms with E-state index in [9.17, 15) is 4.79 Å². The maximum absolute atomic E-state index is 11.3. The number of amides is 1. The second-order valence-electron chi connectivity index (χ2n) is 2.81. The molecule has 0 aliphatic rings. The summed E-state index contributed by atoms with van der Waals surface area (Å²) in [5.41, 5.74) is 10.7. The molecule has 4 nitrogen and oxygen atoms in total. The highest BCUT2D eigenvalue weighted by Gasteiger charge is 2.09. The van der Waals surface area contributed by atoms with Gasteiger partial charge in [0.2, 0.25) is 0 Å². The van der Waals surface area contributed by atoms with Crippen molar-refractivity contribution < 1.29 is 4.79 Å². The number of guanidine groups is 1. The maximum Gasteiger partial charge on any atom is 0.253 e. The van der Waals surface area contributed by atoms with Gasteiger partial charge >= 0.3 is 0 Å². The van der Waals surface area contributed by atoms with Crippen LogP contribution in [0.2, 0.25) is 10.0 Å². The zero-order valence-corrected chi connectivity index (χ0v) is 10.4. The lowest BCUT2D eigenvalue weighted by molar-refractivity contribution is -0.117. The minimum Gasteiger partial charge on any atom is -0.370 e. The number of nitrogens with zero attached hydrogens (tertiary/aromatic N) is 1. The first-order chi connectivity index (χ1) is 7.00. The standard InChI is InChI=1S/C9H9Cl2N3O.ClH/c10-6-2-1-3-7(11)5(6)4-8(15)14-9(12)13;/h1-3H,4H2,(H4,12,13,14,15);1H. The summed E-state index contributed by atoms with van der Waals surface area (Å²) in [6.07, 6.45) is -0.0175. The highest BCUT2D eigenvalue weighted by molar-refractivity contribution is 6.36. The topological polar surface area (TPSA) is 81.5 Å². The summed E-state index contributed by atoms with van der Waals surface area (Å²) in [6.45, 7) is 0. The Morgan fingerprint density at radius 2 is 1.75 bits per heavy atom. The molecule has 0 bridgehead atoms. The lowest BCUT2D eigenvalue weighted by Gasteiger charge is -2.03. The fraction of sp³-hybridized carbons (Fsp3) is 0.111. The van der Waals surface area contributed by atoms with Gasteiger partial charge < -0.3 is 11.5 Å². The van der Waals surface area contributed by atoms with E-state index in [4.69, 9.17) is 34.7 Å². The van der Waals surface area contributed by atoms with Crippen LogP contribution in [0.3, 0.4) is 0 Å². The molecule has 0 saturated carbocycles. The van der Waals surface area contributed by atoms with Gasteiger partial charge in [0.25, 0.3) is 5.91 Å². The van der Waals surface area contributed by atoms with Crippen LogP contribution in [-0.2, 0) is 11.2 Å². The second kappa shape index (κ2) is 6.58. The number of aliphatic imine (C=N–C) groups is 1. The Hall–Kier alpha value is -0.970. The van der Waals surface area contributed by atoms with Crippen LogP contribution in [0.15, 0.2) is 23.2 Å². The largest absolute Gasteiger partial charge is 0.370 e. The van der Waals surface area contributed by atoms with Gasteiger partial charge in [0, 0.05) is 10.0 Å². The molecule has 0 atom stereocenters. The Morgan fingerprint density at radius 3 is 2.19 bits per heavy atom. The van der Waals surface area contributed by atoms with Crippen molar-refractivity contribution >= 4 is 47.5 Å². The van der Waals surface area contributed by atoms with Gasteiger partial charge in [0.1, 0.15) is 0 Å². The number of carbonyl (C=O) groups excluding carboxylic acids is 1. The smallest absolute Gasteiger partial charge is 0.253 e. The van der Waals surface area contributed by atoms with Gasteiger partial charge in [0.15, 0.2) is 5.96 Å². The molecule has 1 rings (SSSR count). The van der Waals surface area contributed by atoms with E-state index in [1.807, 2.05) is 0 Å². The van der Waals surface area contributed by atoms with Crippen molar-refractivity contribution in [2.24, 2.45) is 16.5 Å². The van der Waals surface area contributed by atoms with Gasteiger partial charge in [-0.1, -0.05) is 29.3 Å². The Morgan fingerprint density at radius 1 is 1.25 bits per heavy atom. The van der Waals surface area contributed by atoms with Gasteiger partial charge in [-0.2, -0.15) is 4.99 Å². The number of carbonyl (C=O) groups is 1. The van der Waals surface area contributed by atoms with Crippen molar-refractivity contribution in [3.63, 3.8) is 0 Å². The number of halogens is 3. The van der Waals surface area contributed by atoms with Crippen LogP contribution < -0.4 is 11.5 Å². The molecule has 1 aromatic rings. The SMILES string of the molecule is Cl.NC(N)=NC(=O)Cc1c(Cl)cccc1Cl. The summed E-state index contributed by atoms with van der Waals surface area (Å²) in [5.74, 6) is -0.756. The molecule has 0 aliphatic carbocycles. The van der Waals surface area contributed by atoms with Crippen molar-refractivity contribution in [3.8, 4) is 0 Å². The van der Waals surface area contributed by atoms with Crippen LogP contribution in [0.25, 0.3) is 0 Å². The quantitative estimate of drug-likeness (QED) is 0.640. The van der Waals surface area contributed by atoms with E-state index < -0.39 is 5.91 Å². The lowest BCUT2D eigenvalue weighted by atomic mass is 10.1. The van der Waals surface area contributed by atoms with Crippen molar-refractivity contribution in [2.75, 3.05) is 0 Å². The highest BCUT2D eigenvalue weighted by Crippen LogP contribution is 2.24. The van der Waals surface area contributed by atoms with Crippen molar-refractivity contribution in [2.45, 2.75) is 6.42 Å². The first kappa shape index (κ1) is 15.0. The monoisotopic (exact) mass is 281 g/mol. The normalized spacial score (nSPS) is 9.12. The lowest BCUT2D eigenvalue weighted by Crippen LogP contribution is -2.24. The Kier molecular flexibility index (Phi) is 6.18. The molecular weight excluding hydrogens is 272 g/mol. The van der Waals surface area contributed by atoms with Gasteiger partial charge in [-0.3, -0.25) is 4.79 Å². The Bertz CT molecular complexity index is 396. The molecule has 0 radical (unpaired) electrons. The minimum atomic E-state index is -0.481. The number of hydrogen-bond acceptors (Lipinski definition) is 1. The number of benzene rings is 1. The highest BCUT2D eigenvalue weighted by atomic mass is 35.5. The van der Waals surface area contributed by atoms with Crippen LogP contribution in [0.5, 0.6) is 0 Å². The zero-order chi connectivity index (χ0) is 11.4. The first-order valence-corrected chi connectivity index (χ1v) is 4.81. The van der Waals surface area contributed by atoms with Gasteiger partial charge in [-0.15, -0.1) is 12.4 Å². The van der Waals surface area contributed by atoms with E-state index in [1.54, 1.807) is 18.2 Å². The predicted octanol–water partition coefficient (Wildman–Crippen LogP) is 1.76. The summed E-state index contributed by atoms with van der Waals surface area (Å²) in [5, 5.41) is 0.836. The molecule has 7 heteroatoms. The summed E-state index contributed by atoms with van der Waals surface area (Å²) in [6, 6.07) is 4.98. The number of nitrogens with two attached hydrogens (primary N) is 2. The van der Waals surface area contributed by atoms with E-state index in [-0.39, 0.29) is 24.8 Å². The number of rotatable bonds is 2. The molecule has 1 amide bonds. The summed E-state index contributed by atoms with van der Waals surface area (Å²) in [7, 11) is 0. The molecule has 0 saturated heterocycles. The molecule has 0 aliphatic heterocycles. The van der Waals surface area contributed by atoms with Crippen LogP contribution >= 0.6 is 35.6 Å². The van der Waals surface area contributed by atoms with E-state index >= 15 is 0 Å². The molecule has 16 heavy (non-hydrogen) atoms. The first-order valence-electron chi connectivity index (χ1n) is 4.06. The molecule has 0 heterocycles. The molecule has 1 aromatic carbocycles. The Balaban J connectivity index is 0.00000225. The molecule has 0 aromatic heterocycles. The van der Waals surface area contributed by atoms with E-state index in [2.05, 4.69) is 4.99 Å². The summed E-state index contributed by atoms with van der Waals surface area (Å²) < 4.78 is 0. The van der Waals surface area contributed by atoms with Crippen LogP contribution in [0.4, 0.5) is 0 Å². The van der Waals surface area contributed by atoms with E-state index in [0.29, 0.717) is 15.6 Å². The molecule has 4 N–H and O–H groups in total. The summed E-state index contributed by atoms with van der Waals surface area (Å²) >= 11 is 11.7. The molecule has 0 fully saturated rings. The third-order valence-electron chi connectivity index (χ3n) is 1.64. The molecular formula is C9H10Cl3N3O. The average Bonchev–Trinajstić information content (AvgIpc) is 2.10. The fourth-order valence-corrected chi connectivity index (χ4v) is 1.57. The predicted molar refractivity (Wildman–Crippen MR) is 68.2 cm³/mol. The maximum atomic E-state index is 11.3. The van der Waals surface area contributed by atoms with E-state index in [0.717, 1.165) is 0 Å². The second-order valence-corrected chi connectivity index (χ2v) is 3.62. The van der Waals surface area contributed by atoms with Gasteiger partial charge in [-0.05, 0) is 17.7 Å². The Labute approximate surface area is 109 Å². The molecule has 0 spiro atoms. The molecule has 0 unspecified atom stereocenters. The fourth-order valence-electron chi connectivity index (χ4n) is 1.04. The van der Waals surface area contributed by atoms with Crippen LogP contribution in [-0.4, -0.2) is 11.9 Å². The summed E-state index contributed by atoms with van der Waals surface area (Å²) in [4.78, 5) is 14.6. The molecule has 88 valence electrons. The van der Waals surface area contributed by atoms with E-state index in [1.165, 1.54) is 0 Å². The zero-order valence-electron chi connectivity index (χ0n) is 8.11. The van der Waals surface area contributed by atoms with Gasteiger partial charge in [-0.25, -0.2) is 0 Å². The average molecular weight is 283 g/mol. The third-order valence-corrected chi connectivity index (χ3v) is 2.35. The minimum absolute atomic E-state index is 0. The van der Waals surface area contributed by atoms with Crippen LogP contribution in [0.1, 0.15) is 5.56 Å².